The zero-order chi connectivity index (χ0) is 20.9. The summed E-state index contributed by atoms with van der Waals surface area (Å²) < 4.78 is 1.96. The van der Waals surface area contributed by atoms with E-state index in [1.165, 1.54) is 12.4 Å². The topological polar surface area (TPSA) is 80.1 Å². The molecule has 30 heavy (non-hydrogen) atoms. The maximum Gasteiger partial charge on any atom is 0.270 e. The summed E-state index contributed by atoms with van der Waals surface area (Å²) in [5.41, 5.74) is 3.28. The summed E-state index contributed by atoms with van der Waals surface area (Å²) in [6.07, 6.45) is 4.87. The smallest absolute Gasteiger partial charge is 0.270 e. The van der Waals surface area contributed by atoms with Crippen molar-refractivity contribution in [3.05, 3.63) is 72.2 Å². The summed E-state index contributed by atoms with van der Waals surface area (Å²) in [6.45, 7) is 1.91. The number of aromatic nitrogens is 3. The van der Waals surface area contributed by atoms with Gasteiger partial charge in [-0.05, 0) is 42.5 Å². The molecule has 0 saturated carbocycles. The van der Waals surface area contributed by atoms with E-state index < -0.39 is 0 Å². The van der Waals surface area contributed by atoms with Crippen LogP contribution in [0.4, 0.5) is 0 Å². The Morgan fingerprint density at radius 3 is 2.70 bits per heavy atom. The number of piperidine rings is 1. The van der Waals surface area contributed by atoms with Crippen LogP contribution in [0, 0.1) is 5.92 Å². The summed E-state index contributed by atoms with van der Waals surface area (Å²) in [5.74, 6) is 0.104. The van der Waals surface area contributed by atoms with Crippen LogP contribution in [0.25, 0.3) is 11.3 Å². The number of nitrogens with zero attached hydrogens (tertiary/aromatic N) is 4. The monoisotopic (exact) mass is 403 g/mol. The van der Waals surface area contributed by atoms with E-state index in [0.717, 1.165) is 30.6 Å². The Morgan fingerprint density at radius 2 is 1.93 bits per heavy atom. The number of amides is 2. The molecule has 1 fully saturated rings. The van der Waals surface area contributed by atoms with Crippen LogP contribution in [0.2, 0.25) is 0 Å². The first kappa shape index (κ1) is 19.8. The molecule has 3 aromatic rings. The summed E-state index contributed by atoms with van der Waals surface area (Å²) in [4.78, 5) is 27.3. The molecule has 1 unspecified atom stereocenters. The molecule has 1 aromatic carbocycles. The molecule has 0 radical (unpaired) electrons. The molecule has 7 heteroatoms. The Kier molecular flexibility index (Phi) is 5.88. The number of benzene rings is 1. The van der Waals surface area contributed by atoms with Gasteiger partial charge in [-0.1, -0.05) is 30.3 Å². The van der Waals surface area contributed by atoms with Gasteiger partial charge in [-0.2, -0.15) is 10.2 Å². The summed E-state index contributed by atoms with van der Waals surface area (Å²) in [7, 11) is 1.93. The Morgan fingerprint density at radius 1 is 1.10 bits per heavy atom. The van der Waals surface area contributed by atoms with Crippen LogP contribution in [0.15, 0.2) is 60.9 Å². The lowest BCUT2D eigenvalue weighted by Gasteiger charge is -2.33. The van der Waals surface area contributed by atoms with Crippen molar-refractivity contribution >= 4 is 11.8 Å². The van der Waals surface area contributed by atoms with Crippen molar-refractivity contribution in [3.63, 3.8) is 0 Å². The minimum absolute atomic E-state index is 0.0361. The molecule has 4 rings (SSSR count). The van der Waals surface area contributed by atoms with Crippen LogP contribution in [-0.2, 0) is 7.05 Å². The van der Waals surface area contributed by atoms with Crippen molar-refractivity contribution in [2.45, 2.75) is 12.8 Å². The van der Waals surface area contributed by atoms with Crippen LogP contribution >= 0.6 is 0 Å². The van der Waals surface area contributed by atoms with Gasteiger partial charge in [-0.3, -0.25) is 9.59 Å². The number of carbonyl (C=O) groups is 2. The van der Waals surface area contributed by atoms with E-state index >= 15 is 0 Å². The fraction of sp³-hybridized carbons (Fsp3) is 0.304. The number of hydrogen-bond acceptors (Lipinski definition) is 4. The van der Waals surface area contributed by atoms with Crippen molar-refractivity contribution in [2.75, 3.05) is 19.6 Å². The fourth-order valence-electron chi connectivity index (χ4n) is 3.97. The second-order valence-electron chi connectivity index (χ2n) is 7.63. The quantitative estimate of drug-likeness (QED) is 0.710. The van der Waals surface area contributed by atoms with Crippen molar-refractivity contribution in [2.24, 2.45) is 13.0 Å². The number of rotatable bonds is 5. The van der Waals surface area contributed by atoms with E-state index in [0.29, 0.717) is 24.3 Å². The van der Waals surface area contributed by atoms with Crippen molar-refractivity contribution in [1.82, 2.24) is 25.0 Å². The second-order valence-corrected chi connectivity index (χ2v) is 7.63. The lowest BCUT2D eigenvalue weighted by Crippen LogP contribution is -2.44. The Bertz CT molecular complexity index is 1020. The van der Waals surface area contributed by atoms with Crippen molar-refractivity contribution in [1.29, 1.82) is 0 Å². The maximum atomic E-state index is 13.2. The predicted molar refractivity (Wildman–Crippen MR) is 114 cm³/mol. The number of nitrogens with one attached hydrogen (secondary N) is 1. The van der Waals surface area contributed by atoms with E-state index in [4.69, 9.17) is 0 Å². The van der Waals surface area contributed by atoms with Gasteiger partial charge in [-0.25, -0.2) is 0 Å². The Hall–Kier alpha value is -3.48. The minimum atomic E-state index is -0.164. The molecule has 0 bridgehead atoms. The normalized spacial score (nSPS) is 16.3. The van der Waals surface area contributed by atoms with E-state index in [2.05, 4.69) is 15.5 Å². The van der Waals surface area contributed by atoms with Crippen LogP contribution in [0.5, 0.6) is 0 Å². The molecular weight excluding hydrogens is 378 g/mol. The van der Waals surface area contributed by atoms with E-state index in [1.807, 2.05) is 59.0 Å². The molecule has 2 aromatic heterocycles. The highest BCUT2D eigenvalue weighted by Crippen LogP contribution is 2.24. The van der Waals surface area contributed by atoms with Crippen LogP contribution in [0.1, 0.15) is 33.7 Å². The lowest BCUT2D eigenvalue weighted by molar-refractivity contribution is 0.0661. The standard InChI is InChI=1S/C23H25N5O2/c1-27-20(18-7-3-2-4-8-18)9-10-21(27)23(30)28-13-5-6-17(16-28)14-24-22(29)19-11-12-25-26-15-19/h2-4,7-12,15,17H,5-6,13-14,16H2,1H3,(H,24,29). The van der Waals surface area contributed by atoms with Gasteiger partial charge in [0, 0.05) is 32.4 Å². The van der Waals surface area contributed by atoms with Gasteiger partial charge in [0.25, 0.3) is 11.8 Å². The van der Waals surface area contributed by atoms with Gasteiger partial charge in [0.2, 0.25) is 0 Å². The van der Waals surface area contributed by atoms with Crippen LogP contribution in [0.3, 0.4) is 0 Å². The van der Waals surface area contributed by atoms with Crippen LogP contribution < -0.4 is 5.32 Å². The fourth-order valence-corrected chi connectivity index (χ4v) is 3.97. The first-order valence-corrected chi connectivity index (χ1v) is 10.2. The van der Waals surface area contributed by atoms with E-state index in [9.17, 15) is 9.59 Å². The van der Waals surface area contributed by atoms with Crippen molar-refractivity contribution in [3.8, 4) is 11.3 Å². The number of likely N-dealkylation sites (tertiary alicyclic amines) is 1. The zero-order valence-corrected chi connectivity index (χ0v) is 17.0. The highest BCUT2D eigenvalue weighted by atomic mass is 16.2. The lowest BCUT2D eigenvalue weighted by atomic mass is 9.97. The van der Waals surface area contributed by atoms with Crippen LogP contribution in [-0.4, -0.2) is 51.1 Å². The highest BCUT2D eigenvalue weighted by molar-refractivity contribution is 5.94. The molecule has 0 aliphatic carbocycles. The van der Waals surface area contributed by atoms with Gasteiger partial charge in [0.15, 0.2) is 0 Å². The van der Waals surface area contributed by atoms with Gasteiger partial charge in [0.1, 0.15) is 5.69 Å². The van der Waals surface area contributed by atoms with Gasteiger partial charge < -0.3 is 14.8 Å². The second kappa shape index (κ2) is 8.90. The molecular formula is C23H25N5O2. The molecule has 1 saturated heterocycles. The largest absolute Gasteiger partial charge is 0.352 e. The molecule has 0 spiro atoms. The van der Waals surface area contributed by atoms with Crippen molar-refractivity contribution < 1.29 is 9.59 Å². The average molecular weight is 403 g/mol. The minimum Gasteiger partial charge on any atom is -0.352 e. The molecule has 1 aliphatic rings. The number of carbonyl (C=O) groups excluding carboxylic acids is 2. The van der Waals surface area contributed by atoms with E-state index in [-0.39, 0.29) is 17.7 Å². The van der Waals surface area contributed by atoms with E-state index in [1.54, 1.807) is 6.07 Å². The Balaban J connectivity index is 1.39. The summed E-state index contributed by atoms with van der Waals surface area (Å²) >= 11 is 0. The van der Waals surface area contributed by atoms with Gasteiger partial charge in [0.05, 0.1) is 18.0 Å². The third kappa shape index (κ3) is 4.25. The molecule has 1 N–H and O–H groups in total. The summed E-state index contributed by atoms with van der Waals surface area (Å²) in [6, 6.07) is 15.6. The molecule has 1 atom stereocenters. The summed E-state index contributed by atoms with van der Waals surface area (Å²) in [5, 5.41) is 10.4. The molecule has 1 aliphatic heterocycles. The average Bonchev–Trinajstić information content (AvgIpc) is 3.19. The first-order valence-electron chi connectivity index (χ1n) is 10.2. The van der Waals surface area contributed by atoms with Gasteiger partial charge >= 0.3 is 0 Å². The molecule has 2 amide bonds. The Labute approximate surface area is 175 Å². The molecule has 3 heterocycles. The third-order valence-electron chi connectivity index (χ3n) is 5.61. The maximum absolute atomic E-state index is 13.2. The highest BCUT2D eigenvalue weighted by Gasteiger charge is 2.26. The third-order valence-corrected chi connectivity index (χ3v) is 5.61. The molecule has 154 valence electrons. The number of hydrogen-bond donors (Lipinski definition) is 1. The SMILES string of the molecule is Cn1c(C(=O)N2CCCC(CNC(=O)c3ccnnc3)C2)ccc1-c1ccccc1. The zero-order valence-electron chi connectivity index (χ0n) is 17.0. The first-order chi connectivity index (χ1) is 14.6. The van der Waals surface area contributed by atoms with Gasteiger partial charge in [-0.15, -0.1) is 0 Å². The molecule has 7 nitrogen and oxygen atoms in total. The predicted octanol–water partition coefficient (Wildman–Crippen LogP) is 2.76.